The molecule has 52 heavy (non-hydrogen) atoms. The SMILES string of the molecule is Cc1ccc(P(=Nc2ccc(N=P(c3ccc(C)cc3)(c3ccc(C)cc3)c3ccc(C)cc3)cc2)(c2ccc(C)cc2)c2ccc(C)cc2)cc1. The first-order chi connectivity index (χ1) is 25.2. The Morgan fingerprint density at radius 2 is 0.385 bits per heavy atom. The number of nitrogens with zero attached hydrogens (tertiary/aromatic N) is 2. The van der Waals surface area contributed by atoms with Gasteiger partial charge < -0.3 is 0 Å². The molecule has 0 amide bonds. The van der Waals surface area contributed by atoms with Gasteiger partial charge in [0.15, 0.2) is 0 Å². The fourth-order valence-electron chi connectivity index (χ4n) is 6.74. The maximum Gasteiger partial charge on any atom is 0.0626 e. The predicted molar refractivity (Wildman–Crippen MR) is 229 cm³/mol. The number of benzene rings is 7. The monoisotopic (exact) mass is 712 g/mol. The van der Waals surface area contributed by atoms with Crippen molar-refractivity contribution in [3.8, 4) is 0 Å². The van der Waals surface area contributed by atoms with Crippen LogP contribution in [0.25, 0.3) is 0 Å². The maximum atomic E-state index is 5.81. The summed E-state index contributed by atoms with van der Waals surface area (Å²) in [7, 11) is -4.89. The highest BCUT2D eigenvalue weighted by Crippen LogP contribution is 2.51. The Morgan fingerprint density at radius 3 is 0.538 bits per heavy atom. The second kappa shape index (κ2) is 14.9. The minimum Gasteiger partial charge on any atom is -0.254 e. The molecule has 4 heteroatoms. The lowest BCUT2D eigenvalue weighted by atomic mass is 10.2. The molecule has 7 aromatic rings. The van der Waals surface area contributed by atoms with Crippen molar-refractivity contribution in [1.82, 2.24) is 0 Å². The van der Waals surface area contributed by atoms with E-state index in [1.165, 1.54) is 65.2 Å². The highest BCUT2D eigenvalue weighted by Gasteiger charge is 2.29. The molecule has 0 atom stereocenters. The third kappa shape index (κ3) is 7.07. The summed E-state index contributed by atoms with van der Waals surface area (Å²) in [4.78, 5) is 0. The lowest BCUT2D eigenvalue weighted by Gasteiger charge is -2.28. The Bertz CT molecular complexity index is 1990. The van der Waals surface area contributed by atoms with Crippen LogP contribution in [0.15, 0.2) is 179 Å². The van der Waals surface area contributed by atoms with Gasteiger partial charge in [-0.05, 0) is 65.8 Å². The summed E-state index contributed by atoms with van der Waals surface area (Å²) in [6, 6.07) is 62.6. The summed E-state index contributed by atoms with van der Waals surface area (Å²) >= 11 is 0. The van der Waals surface area contributed by atoms with E-state index in [1.807, 2.05) is 0 Å². The topological polar surface area (TPSA) is 24.7 Å². The summed E-state index contributed by atoms with van der Waals surface area (Å²) in [5.74, 6) is 0. The van der Waals surface area contributed by atoms with Gasteiger partial charge in [-0.25, -0.2) is 0 Å². The Hall–Kier alpha value is -5.00. The van der Waals surface area contributed by atoms with Gasteiger partial charge >= 0.3 is 0 Å². The summed E-state index contributed by atoms with van der Waals surface area (Å²) in [6.07, 6.45) is 0. The third-order valence-electron chi connectivity index (χ3n) is 9.83. The lowest BCUT2D eigenvalue weighted by molar-refractivity contribution is 1.46. The van der Waals surface area contributed by atoms with Gasteiger partial charge in [0, 0.05) is 31.8 Å². The van der Waals surface area contributed by atoms with Crippen LogP contribution in [0.3, 0.4) is 0 Å². The number of hydrogen-bond donors (Lipinski definition) is 0. The van der Waals surface area contributed by atoms with E-state index in [4.69, 9.17) is 9.49 Å². The molecule has 0 fully saturated rings. The standard InChI is InChI=1S/C48H46N2P2/c1-35-7-23-43(24-8-35)51(44-25-9-36(2)10-26-44,45-27-11-37(3)12-28-45)49-41-19-21-42(22-20-41)50-52(46-29-13-38(4)14-30-46,47-31-15-39(5)16-32-47)48-33-17-40(6)18-34-48/h7-34H,1-6H3. The van der Waals surface area contributed by atoms with E-state index in [0.717, 1.165) is 11.4 Å². The molecule has 7 rings (SSSR count). The predicted octanol–water partition coefficient (Wildman–Crippen LogP) is 11.2. The van der Waals surface area contributed by atoms with Crippen molar-refractivity contribution in [1.29, 1.82) is 0 Å². The van der Waals surface area contributed by atoms with Crippen LogP contribution in [0.5, 0.6) is 0 Å². The first kappa shape index (κ1) is 35.4. The fourth-order valence-corrected chi connectivity index (χ4v) is 13.7. The van der Waals surface area contributed by atoms with E-state index in [1.54, 1.807) is 0 Å². The Labute approximate surface area is 310 Å². The molecule has 0 saturated carbocycles. The van der Waals surface area contributed by atoms with E-state index in [-0.39, 0.29) is 0 Å². The molecule has 0 spiro atoms. The summed E-state index contributed by atoms with van der Waals surface area (Å²) in [5.41, 5.74) is 9.32. The lowest BCUT2D eigenvalue weighted by Crippen LogP contribution is -2.25. The van der Waals surface area contributed by atoms with E-state index in [2.05, 4.69) is 211 Å². The zero-order chi connectivity index (χ0) is 36.3. The van der Waals surface area contributed by atoms with Gasteiger partial charge in [0.1, 0.15) is 0 Å². The first-order valence-electron chi connectivity index (χ1n) is 17.9. The van der Waals surface area contributed by atoms with Crippen LogP contribution in [-0.4, -0.2) is 0 Å². The van der Waals surface area contributed by atoms with Gasteiger partial charge in [-0.3, -0.25) is 9.49 Å². The molecule has 0 unspecified atom stereocenters. The second-order valence-electron chi connectivity index (χ2n) is 14.0. The van der Waals surface area contributed by atoms with Gasteiger partial charge in [-0.15, -0.1) is 0 Å². The molecule has 2 nitrogen and oxygen atoms in total. The molecule has 0 heterocycles. The summed E-state index contributed by atoms with van der Waals surface area (Å²) in [6.45, 7) is 12.9. The van der Waals surface area contributed by atoms with Gasteiger partial charge in [0.05, 0.1) is 25.5 Å². The quantitative estimate of drug-likeness (QED) is 0.140. The molecule has 0 N–H and O–H groups in total. The van der Waals surface area contributed by atoms with E-state index >= 15 is 0 Å². The third-order valence-corrected chi connectivity index (χ3v) is 17.2. The van der Waals surface area contributed by atoms with Crippen LogP contribution >= 0.6 is 14.1 Å². The van der Waals surface area contributed by atoms with Crippen molar-refractivity contribution in [2.24, 2.45) is 9.49 Å². The van der Waals surface area contributed by atoms with Crippen LogP contribution < -0.4 is 31.8 Å². The largest absolute Gasteiger partial charge is 0.254 e. The first-order valence-corrected chi connectivity index (χ1v) is 21.4. The van der Waals surface area contributed by atoms with Crippen molar-refractivity contribution < 1.29 is 0 Å². The minimum absolute atomic E-state index is 0.943. The van der Waals surface area contributed by atoms with Crippen LogP contribution in [0, 0.1) is 41.5 Å². The van der Waals surface area contributed by atoms with Gasteiger partial charge in [0.25, 0.3) is 0 Å². The Balaban J connectivity index is 1.48. The second-order valence-corrected chi connectivity index (χ2v) is 20.0. The van der Waals surface area contributed by atoms with Crippen molar-refractivity contribution in [3.63, 3.8) is 0 Å². The van der Waals surface area contributed by atoms with E-state index in [0.29, 0.717) is 0 Å². The number of rotatable bonds is 8. The van der Waals surface area contributed by atoms with Crippen LogP contribution in [0.1, 0.15) is 33.4 Å². The zero-order valence-corrected chi connectivity index (χ0v) is 32.7. The summed E-state index contributed by atoms with van der Waals surface area (Å²) in [5, 5.41) is 7.43. The highest BCUT2D eigenvalue weighted by atomic mass is 31.2. The number of aryl methyl sites for hydroxylation is 6. The normalized spacial score (nSPS) is 11.7. The van der Waals surface area contributed by atoms with Crippen molar-refractivity contribution in [3.05, 3.63) is 203 Å². The van der Waals surface area contributed by atoms with E-state index in [9.17, 15) is 0 Å². The molecule has 258 valence electrons. The number of hydrogen-bond acceptors (Lipinski definition) is 2. The smallest absolute Gasteiger partial charge is 0.0626 e. The average molecular weight is 713 g/mol. The highest BCUT2D eigenvalue weighted by molar-refractivity contribution is 7.88. The van der Waals surface area contributed by atoms with Crippen LogP contribution in [-0.2, 0) is 0 Å². The molecule has 7 aromatic carbocycles. The Morgan fingerprint density at radius 1 is 0.231 bits per heavy atom. The Kier molecular flexibility index (Phi) is 10.2. The van der Waals surface area contributed by atoms with Crippen molar-refractivity contribution in [2.45, 2.75) is 41.5 Å². The van der Waals surface area contributed by atoms with Crippen molar-refractivity contribution >= 4 is 57.3 Å². The molecule has 0 aromatic heterocycles. The fraction of sp³-hybridized carbons (Fsp3) is 0.125. The van der Waals surface area contributed by atoms with Gasteiger partial charge in [-0.1, -0.05) is 179 Å². The molecule has 0 aliphatic carbocycles. The van der Waals surface area contributed by atoms with Gasteiger partial charge in [0.2, 0.25) is 0 Å². The maximum absolute atomic E-state index is 5.81. The molecule has 0 aliphatic heterocycles. The van der Waals surface area contributed by atoms with Crippen LogP contribution in [0.4, 0.5) is 11.4 Å². The molecule has 0 saturated heterocycles. The molecular weight excluding hydrogens is 666 g/mol. The average Bonchev–Trinajstić information content (AvgIpc) is 3.16. The minimum atomic E-state index is -2.45. The molecule has 0 aliphatic rings. The molecular formula is C48H46N2P2. The van der Waals surface area contributed by atoms with E-state index < -0.39 is 14.1 Å². The zero-order valence-electron chi connectivity index (χ0n) is 31.0. The van der Waals surface area contributed by atoms with Crippen molar-refractivity contribution in [2.75, 3.05) is 0 Å². The molecule has 0 bridgehead atoms. The summed E-state index contributed by atoms with van der Waals surface area (Å²) < 4.78 is 11.6. The van der Waals surface area contributed by atoms with Gasteiger partial charge in [-0.2, -0.15) is 0 Å². The molecule has 0 radical (unpaired) electrons. The van der Waals surface area contributed by atoms with Crippen LogP contribution in [0.2, 0.25) is 0 Å².